The molecule has 0 aromatic heterocycles. The third-order valence-electron chi connectivity index (χ3n) is 3.72. The number of anilines is 2. The molecule has 3 rings (SSSR count). The van der Waals surface area contributed by atoms with Crippen molar-refractivity contribution in [3.8, 4) is 0 Å². The van der Waals surface area contributed by atoms with E-state index >= 15 is 0 Å². The Morgan fingerprint density at radius 2 is 2.10 bits per heavy atom. The van der Waals surface area contributed by atoms with Gasteiger partial charge in [0, 0.05) is 19.6 Å². The maximum Gasteiger partial charge on any atom is 0.414 e. The van der Waals surface area contributed by atoms with Gasteiger partial charge < -0.3 is 20.1 Å². The van der Waals surface area contributed by atoms with Crippen molar-refractivity contribution in [3.63, 3.8) is 0 Å². The second-order valence-electron chi connectivity index (χ2n) is 5.06. The molecule has 0 spiro atoms. The summed E-state index contributed by atoms with van der Waals surface area (Å²) in [5, 5.41) is 0. The first-order valence-corrected chi connectivity index (χ1v) is 7.00. The molecule has 1 amide bonds. The smallest absolute Gasteiger partial charge is 0.414 e. The molecular formula is C14H18FN3O3. The zero-order chi connectivity index (χ0) is 14.8. The molecule has 2 aliphatic rings. The van der Waals surface area contributed by atoms with E-state index in [-0.39, 0.29) is 18.5 Å². The first kappa shape index (κ1) is 14.1. The van der Waals surface area contributed by atoms with Crippen LogP contribution in [0.5, 0.6) is 0 Å². The molecule has 0 aliphatic carbocycles. The van der Waals surface area contributed by atoms with E-state index < -0.39 is 6.09 Å². The normalized spacial score (nSPS) is 22.6. The van der Waals surface area contributed by atoms with E-state index in [9.17, 15) is 9.18 Å². The number of cyclic esters (lactones) is 1. The van der Waals surface area contributed by atoms with Crippen LogP contribution < -0.4 is 15.5 Å². The van der Waals surface area contributed by atoms with Crippen molar-refractivity contribution in [1.82, 2.24) is 0 Å². The lowest BCUT2D eigenvalue weighted by Gasteiger charge is -2.32. The Morgan fingerprint density at radius 3 is 2.76 bits per heavy atom. The average Bonchev–Trinajstić information content (AvgIpc) is 2.89. The maximum atomic E-state index is 14.3. The highest BCUT2D eigenvalue weighted by molar-refractivity contribution is 5.94. The van der Waals surface area contributed by atoms with E-state index in [1.165, 1.54) is 11.0 Å². The monoisotopic (exact) mass is 295 g/mol. The summed E-state index contributed by atoms with van der Waals surface area (Å²) in [6.45, 7) is 2.88. The van der Waals surface area contributed by atoms with Gasteiger partial charge >= 0.3 is 6.09 Å². The molecule has 2 N–H and O–H groups in total. The minimum absolute atomic E-state index is 0.254. The minimum atomic E-state index is -0.481. The van der Waals surface area contributed by atoms with E-state index in [0.717, 1.165) is 0 Å². The fourth-order valence-corrected chi connectivity index (χ4v) is 2.66. The summed E-state index contributed by atoms with van der Waals surface area (Å²) < 4.78 is 24.8. The molecule has 6 nitrogen and oxygen atoms in total. The number of hydrogen-bond donors (Lipinski definition) is 1. The standard InChI is InChI=1S/C14H18FN3O3/c15-11-2-1-3-12(13(11)17-4-6-20-7-5-17)18-9-10(8-16)21-14(18)19/h1-3,10H,4-9,16H2/t10-/m1/s1. The molecule has 21 heavy (non-hydrogen) atoms. The van der Waals surface area contributed by atoms with E-state index in [1.807, 2.05) is 4.90 Å². The van der Waals surface area contributed by atoms with Crippen LogP contribution in [-0.2, 0) is 9.47 Å². The van der Waals surface area contributed by atoms with Gasteiger partial charge in [-0.05, 0) is 12.1 Å². The zero-order valence-corrected chi connectivity index (χ0v) is 11.6. The summed E-state index contributed by atoms with van der Waals surface area (Å²) >= 11 is 0. The Kier molecular flexibility index (Phi) is 3.94. The van der Waals surface area contributed by atoms with Crippen LogP contribution in [0.15, 0.2) is 18.2 Å². The number of nitrogens with zero attached hydrogens (tertiary/aromatic N) is 2. The lowest BCUT2D eigenvalue weighted by atomic mass is 10.2. The SMILES string of the molecule is NC[C@@H]1CN(c2cccc(F)c2N2CCOCC2)C(=O)O1. The molecule has 1 aromatic rings. The van der Waals surface area contributed by atoms with Gasteiger partial charge in [0.25, 0.3) is 0 Å². The van der Waals surface area contributed by atoms with Crippen LogP contribution in [0.2, 0.25) is 0 Å². The molecule has 2 heterocycles. The number of carbonyl (C=O) groups is 1. The number of halogens is 1. The van der Waals surface area contributed by atoms with Crippen molar-refractivity contribution < 1.29 is 18.7 Å². The highest BCUT2D eigenvalue weighted by Gasteiger charge is 2.34. The zero-order valence-electron chi connectivity index (χ0n) is 11.6. The summed E-state index contributed by atoms with van der Waals surface area (Å²) in [4.78, 5) is 15.3. The number of benzene rings is 1. The Balaban J connectivity index is 1.95. The maximum absolute atomic E-state index is 14.3. The quantitative estimate of drug-likeness (QED) is 0.899. The highest BCUT2D eigenvalue weighted by Crippen LogP contribution is 2.35. The summed E-state index contributed by atoms with van der Waals surface area (Å²) in [5.41, 5.74) is 6.49. The number of para-hydroxylation sites is 1. The number of hydrogen-bond acceptors (Lipinski definition) is 5. The predicted octanol–water partition coefficient (Wildman–Crippen LogP) is 0.946. The van der Waals surface area contributed by atoms with E-state index in [2.05, 4.69) is 0 Å². The lowest BCUT2D eigenvalue weighted by Crippen LogP contribution is -2.38. The number of ether oxygens (including phenoxy) is 2. The molecular weight excluding hydrogens is 277 g/mol. The van der Waals surface area contributed by atoms with Crippen LogP contribution in [-0.4, -0.2) is 51.6 Å². The van der Waals surface area contributed by atoms with Gasteiger partial charge in [0.1, 0.15) is 11.9 Å². The summed E-state index contributed by atoms with van der Waals surface area (Å²) in [6, 6.07) is 4.72. The van der Waals surface area contributed by atoms with Gasteiger partial charge in [-0.2, -0.15) is 0 Å². The van der Waals surface area contributed by atoms with Crippen LogP contribution in [0.25, 0.3) is 0 Å². The van der Waals surface area contributed by atoms with Crippen LogP contribution in [0, 0.1) is 5.82 Å². The molecule has 0 radical (unpaired) electrons. The Labute approximate surface area is 122 Å². The van der Waals surface area contributed by atoms with Gasteiger partial charge in [-0.15, -0.1) is 0 Å². The minimum Gasteiger partial charge on any atom is -0.443 e. The first-order chi connectivity index (χ1) is 10.2. The van der Waals surface area contributed by atoms with Gasteiger partial charge in [0.15, 0.2) is 0 Å². The first-order valence-electron chi connectivity index (χ1n) is 7.00. The average molecular weight is 295 g/mol. The molecule has 0 bridgehead atoms. The number of rotatable bonds is 3. The van der Waals surface area contributed by atoms with Gasteiger partial charge in [0.05, 0.1) is 31.1 Å². The topological polar surface area (TPSA) is 68.0 Å². The van der Waals surface area contributed by atoms with Gasteiger partial charge in [0.2, 0.25) is 0 Å². The fraction of sp³-hybridized carbons (Fsp3) is 0.500. The van der Waals surface area contributed by atoms with Crippen LogP contribution in [0.4, 0.5) is 20.6 Å². The number of nitrogens with two attached hydrogens (primary N) is 1. The molecule has 114 valence electrons. The third-order valence-corrected chi connectivity index (χ3v) is 3.72. The van der Waals surface area contributed by atoms with Gasteiger partial charge in [-0.25, -0.2) is 9.18 Å². The lowest BCUT2D eigenvalue weighted by molar-refractivity contribution is 0.122. The Hall–Kier alpha value is -1.86. The van der Waals surface area contributed by atoms with Crippen molar-refractivity contribution in [2.45, 2.75) is 6.10 Å². The number of morpholine rings is 1. The fourth-order valence-electron chi connectivity index (χ4n) is 2.66. The number of carbonyl (C=O) groups excluding carboxylic acids is 1. The predicted molar refractivity (Wildman–Crippen MR) is 76.1 cm³/mol. The molecule has 1 aromatic carbocycles. The molecule has 0 unspecified atom stereocenters. The van der Waals surface area contributed by atoms with E-state index in [0.29, 0.717) is 44.2 Å². The summed E-state index contributed by atoms with van der Waals surface area (Å²) in [5.74, 6) is -0.349. The van der Waals surface area contributed by atoms with E-state index in [1.54, 1.807) is 12.1 Å². The van der Waals surface area contributed by atoms with Gasteiger partial charge in [-0.1, -0.05) is 6.07 Å². The molecule has 1 atom stereocenters. The van der Waals surface area contributed by atoms with Crippen molar-refractivity contribution in [2.75, 3.05) is 49.2 Å². The molecule has 0 saturated carbocycles. The second-order valence-corrected chi connectivity index (χ2v) is 5.06. The van der Waals surface area contributed by atoms with Crippen molar-refractivity contribution in [3.05, 3.63) is 24.0 Å². The van der Waals surface area contributed by atoms with Crippen LogP contribution >= 0.6 is 0 Å². The molecule has 2 fully saturated rings. The van der Waals surface area contributed by atoms with E-state index in [4.69, 9.17) is 15.2 Å². The summed E-state index contributed by atoms with van der Waals surface area (Å²) in [6.07, 6.45) is -0.830. The van der Waals surface area contributed by atoms with Crippen molar-refractivity contribution in [1.29, 1.82) is 0 Å². The largest absolute Gasteiger partial charge is 0.443 e. The van der Waals surface area contributed by atoms with Crippen LogP contribution in [0.3, 0.4) is 0 Å². The highest BCUT2D eigenvalue weighted by atomic mass is 19.1. The Morgan fingerprint density at radius 1 is 1.33 bits per heavy atom. The third kappa shape index (κ3) is 2.66. The van der Waals surface area contributed by atoms with Crippen molar-refractivity contribution >= 4 is 17.5 Å². The second kappa shape index (κ2) is 5.87. The molecule has 2 aliphatic heterocycles. The molecule has 2 saturated heterocycles. The molecule has 7 heteroatoms. The number of amides is 1. The summed E-state index contributed by atoms with van der Waals surface area (Å²) in [7, 11) is 0. The Bertz CT molecular complexity index is 534. The van der Waals surface area contributed by atoms with Gasteiger partial charge in [-0.3, -0.25) is 4.90 Å². The van der Waals surface area contributed by atoms with Crippen molar-refractivity contribution in [2.24, 2.45) is 5.73 Å². The van der Waals surface area contributed by atoms with Crippen LogP contribution in [0.1, 0.15) is 0 Å².